The van der Waals surface area contributed by atoms with E-state index in [-0.39, 0.29) is 11.5 Å². The van der Waals surface area contributed by atoms with Crippen LogP contribution in [0.25, 0.3) is 0 Å². The van der Waals surface area contributed by atoms with Crippen molar-refractivity contribution in [1.29, 1.82) is 0 Å². The first kappa shape index (κ1) is 18.5. The molecule has 1 aliphatic heterocycles. The van der Waals surface area contributed by atoms with E-state index in [0.717, 1.165) is 44.5 Å². The van der Waals surface area contributed by atoms with Gasteiger partial charge in [0.05, 0.1) is 12.3 Å². The first-order valence-electron chi connectivity index (χ1n) is 8.45. The highest BCUT2D eigenvalue weighted by atomic mass is 32.2. The Hall–Kier alpha value is -1.83. The van der Waals surface area contributed by atoms with E-state index in [9.17, 15) is 8.42 Å². The quantitative estimate of drug-likeness (QED) is 0.596. The summed E-state index contributed by atoms with van der Waals surface area (Å²) in [6.45, 7) is 8.16. The van der Waals surface area contributed by atoms with Crippen LogP contribution >= 0.6 is 0 Å². The molecule has 24 heavy (non-hydrogen) atoms. The van der Waals surface area contributed by atoms with E-state index in [4.69, 9.17) is 0 Å². The van der Waals surface area contributed by atoms with Crippen molar-refractivity contribution in [2.45, 2.75) is 13.8 Å². The summed E-state index contributed by atoms with van der Waals surface area (Å²) in [5.74, 6) is 2.06. The Morgan fingerprint density at radius 2 is 2.00 bits per heavy atom. The molecular weight excluding hydrogens is 326 g/mol. The summed E-state index contributed by atoms with van der Waals surface area (Å²) in [7, 11) is -2.98. The van der Waals surface area contributed by atoms with Gasteiger partial charge in [-0.05, 0) is 19.1 Å². The molecule has 0 atom stereocenters. The van der Waals surface area contributed by atoms with Crippen molar-refractivity contribution in [3.05, 3.63) is 24.4 Å². The number of piperazine rings is 1. The number of hydrogen-bond donors (Lipinski definition) is 1. The largest absolute Gasteiger partial charge is 0.357 e. The predicted octanol–water partition coefficient (Wildman–Crippen LogP) is 0.604. The van der Waals surface area contributed by atoms with Gasteiger partial charge in [0, 0.05) is 44.7 Å². The standard InChI is InChI=1S/C16H27N5O2S/c1-3-17-16(19-9-14-24(22,23)4-2)21-12-10-20(11-13-21)15-7-5-6-8-18-15/h5-8H,3-4,9-14H2,1-2H3,(H,17,19). The van der Waals surface area contributed by atoms with E-state index in [0.29, 0.717) is 6.54 Å². The second kappa shape index (κ2) is 8.86. The van der Waals surface area contributed by atoms with Gasteiger partial charge < -0.3 is 15.1 Å². The number of guanidine groups is 1. The highest BCUT2D eigenvalue weighted by Gasteiger charge is 2.20. The highest BCUT2D eigenvalue weighted by Crippen LogP contribution is 2.12. The van der Waals surface area contributed by atoms with E-state index in [1.807, 2.05) is 25.1 Å². The van der Waals surface area contributed by atoms with Gasteiger partial charge in [-0.2, -0.15) is 0 Å². The normalized spacial score (nSPS) is 16.3. The highest BCUT2D eigenvalue weighted by molar-refractivity contribution is 7.91. The van der Waals surface area contributed by atoms with E-state index in [1.165, 1.54) is 0 Å². The van der Waals surface area contributed by atoms with Gasteiger partial charge in [-0.3, -0.25) is 4.99 Å². The van der Waals surface area contributed by atoms with Crippen molar-refractivity contribution in [2.75, 3.05) is 55.7 Å². The Kier molecular flexibility index (Phi) is 6.84. The van der Waals surface area contributed by atoms with Crippen molar-refractivity contribution in [3.63, 3.8) is 0 Å². The van der Waals surface area contributed by atoms with Crippen LogP contribution in [0.5, 0.6) is 0 Å². The van der Waals surface area contributed by atoms with Crippen LogP contribution in [0.1, 0.15) is 13.8 Å². The van der Waals surface area contributed by atoms with Gasteiger partial charge >= 0.3 is 0 Å². The SMILES string of the molecule is CCNC(=NCCS(=O)(=O)CC)N1CCN(c2ccccn2)CC1. The van der Waals surface area contributed by atoms with E-state index >= 15 is 0 Å². The second-order valence-corrected chi connectivity index (χ2v) is 8.11. The zero-order valence-corrected chi connectivity index (χ0v) is 15.3. The van der Waals surface area contributed by atoms with Crippen molar-refractivity contribution >= 4 is 21.6 Å². The summed E-state index contributed by atoms with van der Waals surface area (Å²) >= 11 is 0. The van der Waals surface area contributed by atoms with Gasteiger partial charge in [0.1, 0.15) is 5.82 Å². The Morgan fingerprint density at radius 1 is 1.25 bits per heavy atom. The maximum absolute atomic E-state index is 11.6. The summed E-state index contributed by atoms with van der Waals surface area (Å²) in [4.78, 5) is 13.3. The molecule has 1 aliphatic rings. The van der Waals surface area contributed by atoms with Crippen LogP contribution in [-0.2, 0) is 9.84 Å². The topological polar surface area (TPSA) is 77.9 Å². The summed E-state index contributed by atoms with van der Waals surface area (Å²) in [5.41, 5.74) is 0. The van der Waals surface area contributed by atoms with Crippen molar-refractivity contribution in [1.82, 2.24) is 15.2 Å². The number of pyridine rings is 1. The lowest BCUT2D eigenvalue weighted by atomic mass is 10.3. The first-order valence-corrected chi connectivity index (χ1v) is 10.3. The maximum atomic E-state index is 11.6. The monoisotopic (exact) mass is 353 g/mol. The molecule has 7 nitrogen and oxygen atoms in total. The van der Waals surface area contributed by atoms with Crippen LogP contribution in [-0.4, -0.2) is 75.0 Å². The van der Waals surface area contributed by atoms with Crippen LogP contribution < -0.4 is 10.2 Å². The molecule has 1 N–H and O–H groups in total. The fourth-order valence-electron chi connectivity index (χ4n) is 2.55. The summed E-state index contributed by atoms with van der Waals surface area (Å²) in [5, 5.41) is 3.26. The Balaban J connectivity index is 1.93. The van der Waals surface area contributed by atoms with Gasteiger partial charge in [-0.25, -0.2) is 13.4 Å². The average Bonchev–Trinajstić information content (AvgIpc) is 2.62. The lowest BCUT2D eigenvalue weighted by Gasteiger charge is -2.37. The molecule has 1 aromatic rings. The molecule has 0 bridgehead atoms. The summed E-state index contributed by atoms with van der Waals surface area (Å²) in [6, 6.07) is 5.93. The fraction of sp³-hybridized carbons (Fsp3) is 0.625. The smallest absolute Gasteiger partial charge is 0.194 e. The van der Waals surface area contributed by atoms with Crippen LogP contribution in [0.3, 0.4) is 0 Å². The molecule has 0 unspecified atom stereocenters. The molecule has 0 spiro atoms. The molecule has 0 aromatic carbocycles. The molecule has 134 valence electrons. The molecular formula is C16H27N5O2S. The lowest BCUT2D eigenvalue weighted by Crippen LogP contribution is -2.52. The number of anilines is 1. The predicted molar refractivity (Wildman–Crippen MR) is 98.3 cm³/mol. The molecule has 0 saturated carbocycles. The van der Waals surface area contributed by atoms with Crippen molar-refractivity contribution < 1.29 is 8.42 Å². The third-order valence-electron chi connectivity index (χ3n) is 3.99. The maximum Gasteiger partial charge on any atom is 0.194 e. The Morgan fingerprint density at radius 3 is 2.58 bits per heavy atom. The van der Waals surface area contributed by atoms with Gasteiger partial charge in [0.2, 0.25) is 0 Å². The fourth-order valence-corrected chi connectivity index (χ4v) is 3.21. The van der Waals surface area contributed by atoms with Gasteiger partial charge in [0.25, 0.3) is 0 Å². The number of nitrogens with one attached hydrogen (secondary N) is 1. The number of hydrogen-bond acceptors (Lipinski definition) is 5. The molecule has 0 aliphatic carbocycles. The van der Waals surface area contributed by atoms with Gasteiger partial charge in [-0.1, -0.05) is 13.0 Å². The Bertz CT molecular complexity index is 625. The van der Waals surface area contributed by atoms with Crippen LogP contribution in [0.2, 0.25) is 0 Å². The zero-order valence-electron chi connectivity index (χ0n) is 14.5. The Labute approximate surface area is 144 Å². The molecule has 2 heterocycles. The number of rotatable bonds is 6. The average molecular weight is 353 g/mol. The second-order valence-electron chi connectivity index (χ2n) is 5.63. The van der Waals surface area contributed by atoms with Crippen LogP contribution in [0.4, 0.5) is 5.82 Å². The summed E-state index contributed by atoms with van der Waals surface area (Å²) in [6.07, 6.45) is 1.81. The van der Waals surface area contributed by atoms with Gasteiger partial charge in [-0.15, -0.1) is 0 Å². The third-order valence-corrected chi connectivity index (χ3v) is 5.68. The first-order chi connectivity index (χ1) is 11.6. The molecule has 1 aromatic heterocycles. The van der Waals surface area contributed by atoms with Gasteiger partial charge in [0.15, 0.2) is 15.8 Å². The zero-order chi connectivity index (χ0) is 17.4. The molecule has 2 rings (SSSR count). The molecule has 0 radical (unpaired) electrons. The lowest BCUT2D eigenvalue weighted by molar-refractivity contribution is 0.372. The van der Waals surface area contributed by atoms with E-state index < -0.39 is 9.84 Å². The molecule has 0 amide bonds. The number of sulfone groups is 1. The van der Waals surface area contributed by atoms with Crippen molar-refractivity contribution in [3.8, 4) is 0 Å². The van der Waals surface area contributed by atoms with Crippen LogP contribution in [0, 0.1) is 0 Å². The minimum atomic E-state index is -2.98. The number of aliphatic imine (C=N–C) groups is 1. The van der Waals surface area contributed by atoms with E-state index in [1.54, 1.807) is 13.1 Å². The number of aromatic nitrogens is 1. The minimum Gasteiger partial charge on any atom is -0.357 e. The molecule has 8 heteroatoms. The number of nitrogens with zero attached hydrogens (tertiary/aromatic N) is 4. The minimum absolute atomic E-state index is 0.103. The van der Waals surface area contributed by atoms with Crippen LogP contribution in [0.15, 0.2) is 29.4 Å². The molecule has 1 saturated heterocycles. The molecule has 1 fully saturated rings. The summed E-state index contributed by atoms with van der Waals surface area (Å²) < 4.78 is 23.2. The van der Waals surface area contributed by atoms with E-state index in [2.05, 4.69) is 25.1 Å². The third kappa shape index (κ3) is 5.36. The van der Waals surface area contributed by atoms with Crippen molar-refractivity contribution in [2.24, 2.45) is 4.99 Å².